The minimum atomic E-state index is -0.462. The van der Waals surface area contributed by atoms with Gasteiger partial charge in [0, 0.05) is 6.04 Å². The Morgan fingerprint density at radius 1 is 1.05 bits per heavy atom. The number of nitrogens with zero attached hydrogens (tertiary/aromatic N) is 1. The topological polar surface area (TPSA) is 41.6 Å². The zero-order valence-electron chi connectivity index (χ0n) is 12.3. The predicted octanol–water partition coefficient (Wildman–Crippen LogP) is 3.74. The van der Waals surface area contributed by atoms with Crippen LogP contribution in [0.5, 0.6) is 0 Å². The van der Waals surface area contributed by atoms with Crippen molar-refractivity contribution in [2.45, 2.75) is 26.5 Å². The van der Waals surface area contributed by atoms with E-state index in [2.05, 4.69) is 5.43 Å². The number of nitrogens with one attached hydrogen (secondary N) is 1. The fourth-order valence-electron chi connectivity index (χ4n) is 1.93. The van der Waals surface area contributed by atoms with E-state index < -0.39 is 6.09 Å². The lowest BCUT2D eigenvalue weighted by Gasteiger charge is -2.28. The molecule has 21 heavy (non-hydrogen) atoms. The number of benzene rings is 2. The Bertz CT molecular complexity index is 556. The normalized spacial score (nSPS) is 10.2. The van der Waals surface area contributed by atoms with Gasteiger partial charge in [-0.25, -0.2) is 10.2 Å². The lowest BCUT2D eigenvalue weighted by atomic mass is 10.2. The van der Waals surface area contributed by atoms with Crippen LogP contribution in [0.15, 0.2) is 60.7 Å². The van der Waals surface area contributed by atoms with Gasteiger partial charge in [-0.3, -0.25) is 5.01 Å². The second kappa shape index (κ2) is 7.33. The van der Waals surface area contributed by atoms with Gasteiger partial charge in [-0.05, 0) is 31.5 Å². The molecule has 0 bridgehead atoms. The molecule has 110 valence electrons. The third kappa shape index (κ3) is 4.53. The summed E-state index contributed by atoms with van der Waals surface area (Å²) in [4.78, 5) is 11.9. The summed E-state index contributed by atoms with van der Waals surface area (Å²) in [6, 6.07) is 19.4. The average Bonchev–Trinajstić information content (AvgIpc) is 2.52. The van der Waals surface area contributed by atoms with Gasteiger partial charge in [0.05, 0.1) is 5.69 Å². The van der Waals surface area contributed by atoms with Crippen molar-refractivity contribution < 1.29 is 9.53 Å². The smallest absolute Gasteiger partial charge is 0.426 e. The number of amides is 1. The number of carbonyl (C=O) groups is 1. The van der Waals surface area contributed by atoms with Crippen molar-refractivity contribution in [2.24, 2.45) is 0 Å². The summed E-state index contributed by atoms with van der Waals surface area (Å²) in [5.74, 6) is 0. The summed E-state index contributed by atoms with van der Waals surface area (Å²) in [7, 11) is 0. The molecule has 0 fully saturated rings. The van der Waals surface area contributed by atoms with E-state index >= 15 is 0 Å². The van der Waals surface area contributed by atoms with Gasteiger partial charge in [0.2, 0.25) is 0 Å². The number of para-hydroxylation sites is 1. The van der Waals surface area contributed by atoms with Crippen molar-refractivity contribution in [3.05, 3.63) is 66.2 Å². The molecule has 1 N–H and O–H groups in total. The Morgan fingerprint density at radius 3 is 2.19 bits per heavy atom. The molecule has 0 unspecified atom stereocenters. The van der Waals surface area contributed by atoms with Crippen LogP contribution in [0.25, 0.3) is 0 Å². The van der Waals surface area contributed by atoms with Gasteiger partial charge < -0.3 is 4.74 Å². The Balaban J connectivity index is 1.93. The molecule has 0 atom stereocenters. The molecule has 2 rings (SSSR count). The average molecular weight is 284 g/mol. The van der Waals surface area contributed by atoms with E-state index in [1.165, 1.54) is 0 Å². The first kappa shape index (κ1) is 14.9. The first-order valence-electron chi connectivity index (χ1n) is 6.98. The van der Waals surface area contributed by atoms with E-state index in [4.69, 9.17) is 4.74 Å². The highest BCUT2D eigenvalue weighted by Crippen LogP contribution is 2.14. The number of anilines is 1. The molecular formula is C17H20N2O2. The van der Waals surface area contributed by atoms with Gasteiger partial charge in [-0.1, -0.05) is 48.5 Å². The van der Waals surface area contributed by atoms with Crippen LogP contribution in [0.1, 0.15) is 19.4 Å². The van der Waals surface area contributed by atoms with Crippen molar-refractivity contribution in [1.82, 2.24) is 5.43 Å². The maximum atomic E-state index is 11.9. The molecule has 0 aliphatic carbocycles. The lowest BCUT2D eigenvalue weighted by Crippen LogP contribution is -2.46. The monoisotopic (exact) mass is 284 g/mol. The van der Waals surface area contributed by atoms with E-state index in [9.17, 15) is 4.79 Å². The van der Waals surface area contributed by atoms with Crippen molar-refractivity contribution in [3.63, 3.8) is 0 Å². The van der Waals surface area contributed by atoms with Crippen LogP contribution in [0.2, 0.25) is 0 Å². The summed E-state index contributed by atoms with van der Waals surface area (Å²) in [5.41, 5.74) is 4.66. The van der Waals surface area contributed by atoms with Gasteiger partial charge in [0.1, 0.15) is 6.61 Å². The number of ether oxygens (including phenoxy) is 1. The molecule has 0 aliphatic heterocycles. The van der Waals surface area contributed by atoms with Crippen molar-refractivity contribution >= 4 is 11.8 Å². The first-order valence-corrected chi connectivity index (χ1v) is 6.98. The van der Waals surface area contributed by atoms with E-state index in [1.807, 2.05) is 74.5 Å². The van der Waals surface area contributed by atoms with Gasteiger partial charge in [0.15, 0.2) is 0 Å². The summed E-state index contributed by atoms with van der Waals surface area (Å²) in [6.45, 7) is 4.27. The molecule has 0 aliphatic rings. The quantitative estimate of drug-likeness (QED) is 0.850. The first-order chi connectivity index (χ1) is 10.2. The molecule has 1 amide bonds. The third-order valence-electron chi connectivity index (χ3n) is 2.98. The van der Waals surface area contributed by atoms with Crippen LogP contribution < -0.4 is 10.4 Å². The van der Waals surface area contributed by atoms with Crippen LogP contribution in [-0.4, -0.2) is 12.1 Å². The molecule has 2 aromatic rings. The lowest BCUT2D eigenvalue weighted by molar-refractivity contribution is 0.137. The number of carbonyl (C=O) groups excluding carboxylic acids is 1. The molecule has 4 nitrogen and oxygen atoms in total. The molecule has 0 radical (unpaired) electrons. The summed E-state index contributed by atoms with van der Waals surface area (Å²) >= 11 is 0. The highest BCUT2D eigenvalue weighted by Gasteiger charge is 2.14. The second-order valence-corrected chi connectivity index (χ2v) is 4.97. The van der Waals surface area contributed by atoms with Crippen LogP contribution in [-0.2, 0) is 11.3 Å². The van der Waals surface area contributed by atoms with E-state index in [0.717, 1.165) is 11.3 Å². The fraction of sp³-hybridized carbons (Fsp3) is 0.235. The molecule has 0 saturated heterocycles. The molecule has 4 heteroatoms. The molecule has 0 aromatic heterocycles. The van der Waals surface area contributed by atoms with E-state index in [-0.39, 0.29) is 12.6 Å². The number of rotatable bonds is 5. The Kier molecular flexibility index (Phi) is 5.21. The minimum Gasteiger partial charge on any atom is -0.443 e. The summed E-state index contributed by atoms with van der Waals surface area (Å²) in [5, 5.41) is 1.79. The van der Waals surface area contributed by atoms with E-state index in [1.54, 1.807) is 5.01 Å². The SMILES string of the molecule is CC(C)N(NC(=O)OCc1ccccc1)c1ccccc1. The van der Waals surface area contributed by atoms with Crippen LogP contribution in [0.4, 0.5) is 10.5 Å². The van der Waals surface area contributed by atoms with Gasteiger partial charge in [0.25, 0.3) is 0 Å². The third-order valence-corrected chi connectivity index (χ3v) is 2.98. The standard InChI is InChI=1S/C17H20N2O2/c1-14(2)19(16-11-7-4-8-12-16)18-17(20)21-13-15-9-5-3-6-10-15/h3-12,14H,13H2,1-2H3,(H,18,20). The highest BCUT2D eigenvalue weighted by molar-refractivity contribution is 5.70. The molecule has 0 saturated carbocycles. The van der Waals surface area contributed by atoms with Crippen molar-refractivity contribution in [3.8, 4) is 0 Å². The minimum absolute atomic E-state index is 0.122. The maximum Gasteiger partial charge on any atom is 0.426 e. The van der Waals surface area contributed by atoms with Gasteiger partial charge >= 0.3 is 6.09 Å². The van der Waals surface area contributed by atoms with Gasteiger partial charge in [-0.15, -0.1) is 0 Å². The summed E-state index contributed by atoms with van der Waals surface area (Å²) < 4.78 is 5.24. The van der Waals surface area contributed by atoms with Crippen LogP contribution >= 0.6 is 0 Å². The zero-order valence-corrected chi connectivity index (χ0v) is 12.3. The highest BCUT2D eigenvalue weighted by atomic mass is 16.6. The van der Waals surface area contributed by atoms with Crippen LogP contribution in [0.3, 0.4) is 0 Å². The zero-order chi connectivity index (χ0) is 15.1. The molecule has 0 heterocycles. The van der Waals surface area contributed by atoms with Gasteiger partial charge in [-0.2, -0.15) is 0 Å². The summed E-state index contributed by atoms with van der Waals surface area (Å²) in [6.07, 6.45) is -0.462. The van der Waals surface area contributed by atoms with Crippen LogP contribution in [0, 0.1) is 0 Å². The number of hydrogen-bond donors (Lipinski definition) is 1. The Morgan fingerprint density at radius 2 is 1.62 bits per heavy atom. The largest absolute Gasteiger partial charge is 0.443 e. The van der Waals surface area contributed by atoms with Crippen molar-refractivity contribution in [1.29, 1.82) is 0 Å². The number of hydrogen-bond acceptors (Lipinski definition) is 3. The predicted molar refractivity (Wildman–Crippen MR) is 83.8 cm³/mol. The molecule has 0 spiro atoms. The second-order valence-electron chi connectivity index (χ2n) is 4.97. The Labute approximate surface area is 125 Å². The molecular weight excluding hydrogens is 264 g/mol. The number of hydrazine groups is 1. The fourth-order valence-corrected chi connectivity index (χ4v) is 1.93. The molecule has 2 aromatic carbocycles. The van der Waals surface area contributed by atoms with E-state index in [0.29, 0.717) is 0 Å². The Hall–Kier alpha value is -2.49. The van der Waals surface area contributed by atoms with Crippen molar-refractivity contribution in [2.75, 3.05) is 5.01 Å². The maximum absolute atomic E-state index is 11.9.